The molecular formula is C10H12OS. The molecule has 64 valence electrons. The van der Waals surface area contributed by atoms with Crippen molar-refractivity contribution in [1.29, 1.82) is 0 Å². The molecule has 1 aliphatic rings. The highest BCUT2D eigenvalue weighted by Gasteiger charge is 2.11. The van der Waals surface area contributed by atoms with Crippen molar-refractivity contribution in [2.24, 2.45) is 0 Å². The van der Waals surface area contributed by atoms with Crippen molar-refractivity contribution in [2.75, 3.05) is 12.9 Å². The molecule has 0 radical (unpaired) electrons. The van der Waals surface area contributed by atoms with E-state index in [9.17, 15) is 0 Å². The first-order valence-electron chi connectivity index (χ1n) is 4.14. The molecule has 0 N–H and O–H groups in total. The molecule has 1 aromatic rings. The molecule has 0 amide bonds. The topological polar surface area (TPSA) is 9.23 Å². The van der Waals surface area contributed by atoms with Crippen molar-refractivity contribution in [3.63, 3.8) is 0 Å². The lowest BCUT2D eigenvalue weighted by Gasteiger charge is -2.18. The molecule has 0 saturated heterocycles. The fraction of sp³-hybridized carbons (Fsp3) is 0.400. The Balaban J connectivity index is 2.44. The molecule has 0 bridgehead atoms. The molecule has 0 unspecified atom stereocenters. The molecular weight excluding hydrogens is 168 g/mol. The SMILES string of the molecule is CSc1cccc2c1CCOC2. The van der Waals surface area contributed by atoms with Gasteiger partial charge in [0.2, 0.25) is 0 Å². The predicted octanol–water partition coefficient (Wildman–Crippen LogP) is 2.48. The van der Waals surface area contributed by atoms with E-state index in [4.69, 9.17) is 4.74 Å². The number of hydrogen-bond acceptors (Lipinski definition) is 2. The van der Waals surface area contributed by atoms with E-state index in [-0.39, 0.29) is 0 Å². The minimum Gasteiger partial charge on any atom is -0.376 e. The molecule has 0 fully saturated rings. The van der Waals surface area contributed by atoms with Gasteiger partial charge < -0.3 is 4.74 Å². The van der Waals surface area contributed by atoms with Crippen LogP contribution in [0, 0.1) is 0 Å². The summed E-state index contributed by atoms with van der Waals surface area (Å²) in [6, 6.07) is 6.46. The van der Waals surface area contributed by atoms with E-state index < -0.39 is 0 Å². The van der Waals surface area contributed by atoms with Gasteiger partial charge in [-0.3, -0.25) is 0 Å². The van der Waals surface area contributed by atoms with Gasteiger partial charge in [0.05, 0.1) is 13.2 Å². The zero-order chi connectivity index (χ0) is 8.39. The van der Waals surface area contributed by atoms with Gasteiger partial charge in [-0.05, 0) is 29.9 Å². The minimum absolute atomic E-state index is 0.795. The van der Waals surface area contributed by atoms with E-state index in [1.54, 1.807) is 0 Å². The Morgan fingerprint density at radius 1 is 1.42 bits per heavy atom. The van der Waals surface area contributed by atoms with Gasteiger partial charge in [0.25, 0.3) is 0 Å². The molecule has 2 heteroatoms. The van der Waals surface area contributed by atoms with Crippen LogP contribution in [0.5, 0.6) is 0 Å². The normalized spacial score (nSPS) is 15.8. The van der Waals surface area contributed by atoms with Crippen molar-refractivity contribution < 1.29 is 4.74 Å². The van der Waals surface area contributed by atoms with E-state index in [0.717, 1.165) is 19.6 Å². The van der Waals surface area contributed by atoms with Crippen LogP contribution in [0.1, 0.15) is 11.1 Å². The number of rotatable bonds is 1. The van der Waals surface area contributed by atoms with E-state index in [1.165, 1.54) is 16.0 Å². The van der Waals surface area contributed by atoms with E-state index in [0.29, 0.717) is 0 Å². The summed E-state index contributed by atoms with van der Waals surface area (Å²) in [5.74, 6) is 0. The summed E-state index contributed by atoms with van der Waals surface area (Å²) >= 11 is 1.83. The Morgan fingerprint density at radius 2 is 2.33 bits per heavy atom. The zero-order valence-corrected chi connectivity index (χ0v) is 7.99. The summed E-state index contributed by atoms with van der Waals surface area (Å²) in [6.07, 6.45) is 3.21. The molecule has 0 aliphatic carbocycles. The molecule has 1 heterocycles. The van der Waals surface area contributed by atoms with Crippen LogP contribution in [0.25, 0.3) is 0 Å². The predicted molar refractivity (Wildman–Crippen MR) is 51.6 cm³/mol. The van der Waals surface area contributed by atoms with Crippen molar-refractivity contribution in [3.8, 4) is 0 Å². The lowest BCUT2D eigenvalue weighted by atomic mass is 10.0. The van der Waals surface area contributed by atoms with E-state index in [1.807, 2.05) is 11.8 Å². The second-order valence-electron chi connectivity index (χ2n) is 2.90. The van der Waals surface area contributed by atoms with Gasteiger partial charge in [-0.2, -0.15) is 0 Å². The van der Waals surface area contributed by atoms with Crippen LogP contribution in [0.2, 0.25) is 0 Å². The van der Waals surface area contributed by atoms with Crippen molar-refractivity contribution >= 4 is 11.8 Å². The molecule has 12 heavy (non-hydrogen) atoms. The highest BCUT2D eigenvalue weighted by atomic mass is 32.2. The third kappa shape index (κ3) is 1.37. The van der Waals surface area contributed by atoms with Gasteiger partial charge in [0.1, 0.15) is 0 Å². The highest BCUT2D eigenvalue weighted by molar-refractivity contribution is 7.98. The molecule has 1 aliphatic heterocycles. The van der Waals surface area contributed by atoms with Crippen molar-refractivity contribution in [1.82, 2.24) is 0 Å². The van der Waals surface area contributed by atoms with Crippen LogP contribution < -0.4 is 0 Å². The molecule has 2 rings (SSSR count). The number of hydrogen-bond donors (Lipinski definition) is 0. The monoisotopic (exact) mass is 180 g/mol. The van der Waals surface area contributed by atoms with Gasteiger partial charge in [-0.1, -0.05) is 12.1 Å². The van der Waals surface area contributed by atoms with Crippen LogP contribution in [0.15, 0.2) is 23.1 Å². The highest BCUT2D eigenvalue weighted by Crippen LogP contribution is 2.26. The standard InChI is InChI=1S/C10H12OS/c1-12-10-4-2-3-8-7-11-6-5-9(8)10/h2-4H,5-7H2,1H3. The molecule has 0 aromatic heterocycles. The molecule has 0 saturated carbocycles. The average molecular weight is 180 g/mol. The first-order chi connectivity index (χ1) is 5.92. The Bertz CT molecular complexity index is 269. The second-order valence-corrected chi connectivity index (χ2v) is 3.75. The Labute approximate surface area is 77.1 Å². The van der Waals surface area contributed by atoms with Crippen LogP contribution in [-0.4, -0.2) is 12.9 Å². The van der Waals surface area contributed by atoms with Gasteiger partial charge in [-0.25, -0.2) is 0 Å². The summed E-state index contributed by atoms with van der Waals surface area (Å²) in [4.78, 5) is 1.41. The van der Waals surface area contributed by atoms with Gasteiger partial charge >= 0.3 is 0 Å². The lowest BCUT2D eigenvalue weighted by molar-refractivity contribution is 0.110. The van der Waals surface area contributed by atoms with Gasteiger partial charge in [0, 0.05) is 4.90 Å². The number of thioether (sulfide) groups is 1. The van der Waals surface area contributed by atoms with Crippen LogP contribution in [-0.2, 0) is 17.8 Å². The minimum atomic E-state index is 0.795. The zero-order valence-electron chi connectivity index (χ0n) is 7.17. The smallest absolute Gasteiger partial charge is 0.0720 e. The third-order valence-electron chi connectivity index (χ3n) is 2.20. The number of benzene rings is 1. The first-order valence-corrected chi connectivity index (χ1v) is 5.37. The van der Waals surface area contributed by atoms with E-state index in [2.05, 4.69) is 24.5 Å². The van der Waals surface area contributed by atoms with E-state index >= 15 is 0 Å². The largest absolute Gasteiger partial charge is 0.376 e. The first kappa shape index (κ1) is 8.14. The Kier molecular flexibility index (Phi) is 2.38. The van der Waals surface area contributed by atoms with Crippen LogP contribution >= 0.6 is 11.8 Å². The number of fused-ring (bicyclic) bond motifs is 1. The number of ether oxygens (including phenoxy) is 1. The van der Waals surface area contributed by atoms with Gasteiger partial charge in [0.15, 0.2) is 0 Å². The molecule has 0 spiro atoms. The Hall–Kier alpha value is -0.470. The molecule has 1 aromatic carbocycles. The summed E-state index contributed by atoms with van der Waals surface area (Å²) < 4.78 is 5.39. The fourth-order valence-corrected chi connectivity index (χ4v) is 2.27. The lowest BCUT2D eigenvalue weighted by Crippen LogP contribution is -2.10. The van der Waals surface area contributed by atoms with Gasteiger partial charge in [-0.15, -0.1) is 11.8 Å². The summed E-state index contributed by atoms with van der Waals surface area (Å²) in [5, 5.41) is 0. The Morgan fingerprint density at radius 3 is 3.17 bits per heavy atom. The third-order valence-corrected chi connectivity index (χ3v) is 3.03. The quantitative estimate of drug-likeness (QED) is 0.614. The van der Waals surface area contributed by atoms with Crippen molar-refractivity contribution in [2.45, 2.75) is 17.9 Å². The van der Waals surface area contributed by atoms with Crippen LogP contribution in [0.4, 0.5) is 0 Å². The maximum absolute atomic E-state index is 5.39. The fourth-order valence-electron chi connectivity index (χ4n) is 1.58. The molecule has 1 nitrogen and oxygen atoms in total. The van der Waals surface area contributed by atoms with Crippen LogP contribution in [0.3, 0.4) is 0 Å². The van der Waals surface area contributed by atoms with Crippen molar-refractivity contribution in [3.05, 3.63) is 29.3 Å². The maximum Gasteiger partial charge on any atom is 0.0720 e. The maximum atomic E-state index is 5.39. The average Bonchev–Trinajstić information content (AvgIpc) is 2.17. The second kappa shape index (κ2) is 3.50. The molecule has 0 atom stereocenters. The summed E-state index contributed by atoms with van der Waals surface area (Å²) in [5.41, 5.74) is 2.87. The summed E-state index contributed by atoms with van der Waals surface area (Å²) in [7, 11) is 0. The summed E-state index contributed by atoms with van der Waals surface area (Å²) in [6.45, 7) is 1.67.